The number of nitrogens with zero attached hydrogens (tertiary/aromatic N) is 1. The van der Waals surface area contributed by atoms with Crippen LogP contribution in [0.3, 0.4) is 0 Å². The molecule has 3 rings (SSSR count). The Bertz CT molecular complexity index is 702. The number of anilines is 1. The van der Waals surface area contributed by atoms with Gasteiger partial charge < -0.3 is 14.2 Å². The van der Waals surface area contributed by atoms with Crippen molar-refractivity contribution < 1.29 is 18.5 Å². The summed E-state index contributed by atoms with van der Waals surface area (Å²) in [6.07, 6.45) is 0.660. The van der Waals surface area contributed by atoms with Gasteiger partial charge in [-0.05, 0) is 42.0 Å². The van der Waals surface area contributed by atoms with Crippen LogP contribution in [0.2, 0.25) is 0 Å². The monoisotopic (exact) mass is 317 g/mol. The van der Waals surface area contributed by atoms with E-state index in [1.165, 1.54) is 29.2 Å². The summed E-state index contributed by atoms with van der Waals surface area (Å²) in [5, 5.41) is 0. The van der Waals surface area contributed by atoms with Gasteiger partial charge in [0.25, 0.3) is 0 Å². The highest BCUT2D eigenvalue weighted by Crippen LogP contribution is 2.42. The third-order valence-corrected chi connectivity index (χ3v) is 4.02. The normalized spacial score (nSPS) is 20.5. The molecule has 0 N–H and O–H groups in total. The molecular formula is C16H13FNO3P. The van der Waals surface area contributed by atoms with Crippen molar-refractivity contribution in [3.8, 4) is 5.75 Å². The van der Waals surface area contributed by atoms with Gasteiger partial charge >= 0.3 is 0 Å². The zero-order valence-electron chi connectivity index (χ0n) is 11.5. The SMILES string of the molecule is O=C[C@@H]1C(=O)N(c2ccc(F)cc2)[C@@H]1c1ccc(OP)cc1. The number of halogens is 1. The molecule has 0 radical (unpaired) electrons. The minimum Gasteiger partial charge on any atom is -0.480 e. The molecule has 4 nitrogen and oxygen atoms in total. The van der Waals surface area contributed by atoms with Crippen LogP contribution in [0.5, 0.6) is 5.75 Å². The fourth-order valence-electron chi connectivity index (χ4n) is 2.63. The molecule has 2 aromatic rings. The number of amides is 1. The summed E-state index contributed by atoms with van der Waals surface area (Å²) in [4.78, 5) is 24.9. The summed E-state index contributed by atoms with van der Waals surface area (Å²) in [6, 6.07) is 12.4. The molecular weight excluding hydrogens is 304 g/mol. The van der Waals surface area contributed by atoms with Gasteiger partial charge in [-0.15, -0.1) is 0 Å². The minimum atomic E-state index is -0.715. The van der Waals surface area contributed by atoms with Gasteiger partial charge in [-0.2, -0.15) is 0 Å². The maximum atomic E-state index is 13.0. The minimum absolute atomic E-state index is 0.280. The van der Waals surface area contributed by atoms with Crippen LogP contribution in [-0.2, 0) is 9.59 Å². The van der Waals surface area contributed by atoms with Crippen LogP contribution in [-0.4, -0.2) is 12.2 Å². The number of aldehydes is 1. The Labute approximate surface area is 129 Å². The zero-order chi connectivity index (χ0) is 15.7. The molecule has 1 saturated heterocycles. The Kier molecular flexibility index (Phi) is 3.90. The molecule has 1 amide bonds. The Morgan fingerprint density at radius 1 is 1.09 bits per heavy atom. The van der Waals surface area contributed by atoms with E-state index in [1.807, 2.05) is 12.1 Å². The molecule has 22 heavy (non-hydrogen) atoms. The summed E-state index contributed by atoms with van der Waals surface area (Å²) in [6.45, 7) is 0. The lowest BCUT2D eigenvalue weighted by atomic mass is 9.83. The van der Waals surface area contributed by atoms with Crippen LogP contribution in [0, 0.1) is 11.7 Å². The van der Waals surface area contributed by atoms with Gasteiger partial charge in [0.15, 0.2) is 0 Å². The fourth-order valence-corrected chi connectivity index (χ4v) is 2.79. The molecule has 6 heteroatoms. The topological polar surface area (TPSA) is 46.6 Å². The van der Waals surface area contributed by atoms with Gasteiger partial charge in [0.2, 0.25) is 5.91 Å². The molecule has 1 aliphatic rings. The molecule has 0 bridgehead atoms. The molecule has 0 aliphatic carbocycles. The van der Waals surface area contributed by atoms with E-state index in [2.05, 4.69) is 9.47 Å². The first-order valence-corrected chi connectivity index (χ1v) is 7.13. The standard InChI is InChI=1S/C16H13FNO3P/c17-11-3-5-12(6-4-11)18-15(14(9-19)16(18)20)10-1-7-13(21-22)8-2-10/h1-9,14-15H,22H2/t14-,15+/m0/s1. The van der Waals surface area contributed by atoms with Crippen LogP contribution in [0.1, 0.15) is 11.6 Å². The van der Waals surface area contributed by atoms with E-state index in [0.717, 1.165) is 5.56 Å². The van der Waals surface area contributed by atoms with E-state index in [4.69, 9.17) is 4.52 Å². The second kappa shape index (κ2) is 5.85. The van der Waals surface area contributed by atoms with Gasteiger partial charge in [-0.25, -0.2) is 4.39 Å². The lowest BCUT2D eigenvalue weighted by Crippen LogP contribution is -2.56. The van der Waals surface area contributed by atoms with E-state index >= 15 is 0 Å². The van der Waals surface area contributed by atoms with E-state index < -0.39 is 5.92 Å². The summed E-state index contributed by atoms with van der Waals surface area (Å²) < 4.78 is 18.1. The molecule has 1 aliphatic heterocycles. The Hall–Kier alpha value is -2.26. The Morgan fingerprint density at radius 2 is 1.73 bits per heavy atom. The molecule has 1 unspecified atom stereocenters. The molecule has 0 aromatic heterocycles. The van der Waals surface area contributed by atoms with Crippen molar-refractivity contribution in [1.29, 1.82) is 0 Å². The van der Waals surface area contributed by atoms with Crippen LogP contribution >= 0.6 is 9.47 Å². The molecule has 0 spiro atoms. The van der Waals surface area contributed by atoms with Gasteiger partial charge in [0, 0.05) is 5.69 Å². The summed E-state index contributed by atoms with van der Waals surface area (Å²) in [5.74, 6) is -0.705. The first-order chi connectivity index (χ1) is 10.7. The van der Waals surface area contributed by atoms with E-state index in [0.29, 0.717) is 17.7 Å². The quantitative estimate of drug-likeness (QED) is 0.377. The first-order valence-electron chi connectivity index (χ1n) is 6.66. The van der Waals surface area contributed by atoms with Crippen molar-refractivity contribution in [3.05, 3.63) is 59.9 Å². The average molecular weight is 317 g/mol. The van der Waals surface area contributed by atoms with Crippen LogP contribution in [0.25, 0.3) is 0 Å². The number of carbonyl (C=O) groups excluding carboxylic acids is 2. The predicted octanol–water partition coefficient (Wildman–Crippen LogP) is 2.90. The van der Waals surface area contributed by atoms with Crippen molar-refractivity contribution in [2.24, 2.45) is 5.92 Å². The van der Waals surface area contributed by atoms with Crippen LogP contribution in [0.4, 0.5) is 10.1 Å². The predicted molar refractivity (Wildman–Crippen MR) is 83.0 cm³/mol. The molecule has 3 atom stereocenters. The highest BCUT2D eigenvalue weighted by Gasteiger charge is 2.48. The number of hydrogen-bond donors (Lipinski definition) is 0. The fraction of sp³-hybridized carbons (Fsp3) is 0.125. The molecule has 1 heterocycles. The van der Waals surface area contributed by atoms with Crippen LogP contribution < -0.4 is 9.42 Å². The van der Waals surface area contributed by atoms with E-state index in [9.17, 15) is 14.0 Å². The van der Waals surface area contributed by atoms with Gasteiger partial charge in [-0.3, -0.25) is 4.79 Å². The van der Waals surface area contributed by atoms with Gasteiger partial charge in [0.1, 0.15) is 23.8 Å². The van der Waals surface area contributed by atoms with Crippen molar-refractivity contribution in [3.63, 3.8) is 0 Å². The number of carbonyl (C=O) groups is 2. The maximum Gasteiger partial charge on any atom is 0.240 e. The summed E-state index contributed by atoms with van der Waals surface area (Å²) >= 11 is 0. The smallest absolute Gasteiger partial charge is 0.240 e. The van der Waals surface area contributed by atoms with Gasteiger partial charge in [-0.1, -0.05) is 12.1 Å². The second-order valence-corrected chi connectivity index (χ2v) is 5.21. The summed E-state index contributed by atoms with van der Waals surface area (Å²) in [7, 11) is 2.15. The molecule has 1 fully saturated rings. The van der Waals surface area contributed by atoms with Gasteiger partial charge in [0.05, 0.1) is 15.5 Å². The maximum absolute atomic E-state index is 13.0. The third-order valence-electron chi connectivity index (χ3n) is 3.75. The van der Waals surface area contributed by atoms with Crippen molar-refractivity contribution >= 4 is 27.3 Å². The lowest BCUT2D eigenvalue weighted by molar-refractivity contribution is -0.134. The number of β-lactam (4-membered cyclic amide) rings is 1. The molecule has 0 saturated carbocycles. The van der Waals surface area contributed by atoms with Crippen LogP contribution in [0.15, 0.2) is 48.5 Å². The second-order valence-electron chi connectivity index (χ2n) is 4.98. The first kappa shape index (κ1) is 14.7. The zero-order valence-corrected chi connectivity index (χ0v) is 12.6. The van der Waals surface area contributed by atoms with Crippen molar-refractivity contribution in [2.75, 3.05) is 4.90 Å². The van der Waals surface area contributed by atoms with E-state index in [-0.39, 0.29) is 17.8 Å². The third kappa shape index (κ3) is 2.38. The highest BCUT2D eigenvalue weighted by molar-refractivity contribution is 7.10. The Morgan fingerprint density at radius 3 is 2.27 bits per heavy atom. The molecule has 2 aromatic carbocycles. The average Bonchev–Trinajstić information content (AvgIpc) is 2.55. The van der Waals surface area contributed by atoms with Crippen molar-refractivity contribution in [1.82, 2.24) is 0 Å². The van der Waals surface area contributed by atoms with Crippen molar-refractivity contribution in [2.45, 2.75) is 6.04 Å². The Balaban J connectivity index is 1.95. The highest BCUT2D eigenvalue weighted by atomic mass is 31.0. The largest absolute Gasteiger partial charge is 0.480 e. The number of rotatable bonds is 4. The summed E-state index contributed by atoms with van der Waals surface area (Å²) in [5.41, 5.74) is 1.40. The lowest BCUT2D eigenvalue weighted by Gasteiger charge is -2.45. The van der Waals surface area contributed by atoms with E-state index in [1.54, 1.807) is 12.1 Å². The molecule has 112 valence electrons. The number of hydrogen-bond acceptors (Lipinski definition) is 3. The number of benzene rings is 2.